The molecule has 0 aliphatic carbocycles. The Bertz CT molecular complexity index is 982. The van der Waals surface area contributed by atoms with Crippen molar-refractivity contribution in [3.8, 4) is 34.4 Å². The zero-order valence-corrected chi connectivity index (χ0v) is 18.3. The number of rotatable bonds is 4. The molecule has 2 aromatic rings. The molecule has 0 spiro atoms. The van der Waals surface area contributed by atoms with Crippen LogP contribution in [0.5, 0.6) is 17.2 Å². The predicted octanol–water partition coefficient (Wildman–Crippen LogP) is 4.72. The number of carbonyl (C=O) groups excluding carboxylic acids is 1. The molecule has 0 aromatic heterocycles. The number of phenols is 1. The van der Waals surface area contributed by atoms with Crippen molar-refractivity contribution in [1.29, 1.82) is 5.26 Å². The summed E-state index contributed by atoms with van der Waals surface area (Å²) < 4.78 is 17.0. The highest BCUT2D eigenvalue weighted by Crippen LogP contribution is 2.39. The standard InChI is InChI=1S/C24H28N2O5/c1-24(2,3)31-23(28)26-10-8-18(9-11-26)30-19-13-16(15-25)12-17(14-19)22-20(27)6-5-7-21(22)29-4/h5-7,12-14,18,27H,8-11H2,1-4H3. The van der Waals surface area contributed by atoms with E-state index in [4.69, 9.17) is 14.2 Å². The molecule has 0 unspecified atom stereocenters. The third-order valence-electron chi connectivity index (χ3n) is 4.94. The lowest BCUT2D eigenvalue weighted by molar-refractivity contribution is 0.0126. The summed E-state index contributed by atoms with van der Waals surface area (Å²) >= 11 is 0. The molecule has 1 aliphatic rings. The minimum atomic E-state index is -0.525. The molecule has 1 amide bonds. The average Bonchev–Trinajstić information content (AvgIpc) is 2.72. The van der Waals surface area contributed by atoms with Crippen molar-refractivity contribution >= 4 is 6.09 Å². The minimum Gasteiger partial charge on any atom is -0.507 e. The van der Waals surface area contributed by atoms with Gasteiger partial charge in [0.2, 0.25) is 0 Å². The van der Waals surface area contributed by atoms with E-state index >= 15 is 0 Å². The first-order valence-electron chi connectivity index (χ1n) is 10.3. The molecule has 1 heterocycles. The molecule has 0 atom stereocenters. The normalized spacial score (nSPS) is 14.6. The maximum atomic E-state index is 12.2. The van der Waals surface area contributed by atoms with Gasteiger partial charge in [0.1, 0.15) is 29.0 Å². The number of carbonyl (C=O) groups is 1. The second kappa shape index (κ2) is 9.17. The fourth-order valence-corrected chi connectivity index (χ4v) is 3.53. The molecule has 1 aliphatic heterocycles. The lowest BCUT2D eigenvalue weighted by Crippen LogP contribution is -2.44. The number of nitriles is 1. The molecule has 1 saturated heterocycles. The van der Waals surface area contributed by atoms with Gasteiger partial charge in [-0.2, -0.15) is 5.26 Å². The Labute approximate surface area is 182 Å². The van der Waals surface area contributed by atoms with Crippen LogP contribution in [0.4, 0.5) is 4.79 Å². The number of aromatic hydroxyl groups is 1. The van der Waals surface area contributed by atoms with Crippen LogP contribution in [-0.2, 0) is 4.74 Å². The van der Waals surface area contributed by atoms with Gasteiger partial charge in [-0.05, 0) is 56.7 Å². The predicted molar refractivity (Wildman–Crippen MR) is 116 cm³/mol. The van der Waals surface area contributed by atoms with Crippen LogP contribution in [-0.4, -0.2) is 48.0 Å². The number of hydrogen-bond donors (Lipinski definition) is 1. The topological polar surface area (TPSA) is 92.0 Å². The maximum Gasteiger partial charge on any atom is 0.410 e. The Morgan fingerprint density at radius 3 is 2.52 bits per heavy atom. The zero-order chi connectivity index (χ0) is 22.6. The molecule has 164 valence electrons. The Hall–Kier alpha value is -3.40. The molecule has 0 bridgehead atoms. The molecule has 7 nitrogen and oxygen atoms in total. The fraction of sp³-hybridized carbons (Fsp3) is 0.417. The van der Waals surface area contributed by atoms with Crippen molar-refractivity contribution in [1.82, 2.24) is 4.90 Å². The Kier molecular flexibility index (Phi) is 6.59. The van der Waals surface area contributed by atoms with Gasteiger partial charge in [-0.1, -0.05) is 6.07 Å². The monoisotopic (exact) mass is 424 g/mol. The Balaban J connectivity index is 1.75. The smallest absolute Gasteiger partial charge is 0.410 e. The number of amides is 1. The maximum absolute atomic E-state index is 12.2. The van der Waals surface area contributed by atoms with Crippen molar-refractivity contribution in [2.45, 2.75) is 45.3 Å². The molecule has 7 heteroatoms. The second-order valence-corrected chi connectivity index (χ2v) is 8.50. The summed E-state index contributed by atoms with van der Waals surface area (Å²) in [7, 11) is 1.53. The first-order valence-corrected chi connectivity index (χ1v) is 10.3. The zero-order valence-electron chi connectivity index (χ0n) is 18.3. The van der Waals surface area contributed by atoms with Crippen molar-refractivity contribution in [2.24, 2.45) is 0 Å². The van der Waals surface area contributed by atoms with Crippen LogP contribution < -0.4 is 9.47 Å². The van der Waals surface area contributed by atoms with Gasteiger partial charge in [0.25, 0.3) is 0 Å². The fourth-order valence-electron chi connectivity index (χ4n) is 3.53. The summed E-state index contributed by atoms with van der Waals surface area (Å²) in [5.41, 5.74) is 1.04. The van der Waals surface area contributed by atoms with Crippen LogP contribution >= 0.6 is 0 Å². The Morgan fingerprint density at radius 1 is 1.19 bits per heavy atom. The number of likely N-dealkylation sites (tertiary alicyclic amines) is 1. The van der Waals surface area contributed by atoms with Gasteiger partial charge in [0, 0.05) is 25.9 Å². The van der Waals surface area contributed by atoms with Gasteiger partial charge in [0.05, 0.1) is 24.3 Å². The van der Waals surface area contributed by atoms with Crippen LogP contribution in [0.15, 0.2) is 36.4 Å². The third-order valence-corrected chi connectivity index (χ3v) is 4.94. The third kappa shape index (κ3) is 5.60. The highest BCUT2D eigenvalue weighted by Gasteiger charge is 2.28. The number of piperidine rings is 1. The van der Waals surface area contributed by atoms with E-state index in [2.05, 4.69) is 6.07 Å². The van der Waals surface area contributed by atoms with Crippen LogP contribution in [0, 0.1) is 11.3 Å². The average molecular weight is 424 g/mol. The van der Waals surface area contributed by atoms with E-state index in [1.807, 2.05) is 20.8 Å². The first kappa shape index (κ1) is 22.3. The first-order chi connectivity index (χ1) is 14.7. The lowest BCUT2D eigenvalue weighted by atomic mass is 10.0. The highest BCUT2D eigenvalue weighted by atomic mass is 16.6. The van der Waals surface area contributed by atoms with Gasteiger partial charge in [-0.25, -0.2) is 4.79 Å². The van der Waals surface area contributed by atoms with Crippen molar-refractivity contribution in [3.63, 3.8) is 0 Å². The van der Waals surface area contributed by atoms with E-state index in [0.717, 1.165) is 0 Å². The number of ether oxygens (including phenoxy) is 3. The number of nitrogens with zero attached hydrogens (tertiary/aromatic N) is 2. The molecular weight excluding hydrogens is 396 g/mol. The van der Waals surface area contributed by atoms with Gasteiger partial charge in [-0.15, -0.1) is 0 Å². The van der Waals surface area contributed by atoms with E-state index < -0.39 is 5.60 Å². The molecule has 3 rings (SSSR count). The van der Waals surface area contributed by atoms with E-state index in [1.54, 1.807) is 41.3 Å². The summed E-state index contributed by atoms with van der Waals surface area (Å²) in [5.74, 6) is 1.10. The second-order valence-electron chi connectivity index (χ2n) is 8.50. The van der Waals surface area contributed by atoms with Crippen molar-refractivity contribution in [3.05, 3.63) is 42.0 Å². The molecule has 1 fully saturated rings. The molecular formula is C24H28N2O5. The Morgan fingerprint density at radius 2 is 1.90 bits per heavy atom. The molecule has 1 N–H and O–H groups in total. The highest BCUT2D eigenvalue weighted by molar-refractivity contribution is 5.78. The van der Waals surface area contributed by atoms with Crippen LogP contribution in [0.2, 0.25) is 0 Å². The van der Waals surface area contributed by atoms with Crippen LogP contribution in [0.3, 0.4) is 0 Å². The quantitative estimate of drug-likeness (QED) is 0.764. The summed E-state index contributed by atoms with van der Waals surface area (Å²) in [4.78, 5) is 13.9. The summed E-state index contributed by atoms with van der Waals surface area (Å²) in [6.07, 6.45) is 0.911. The number of phenolic OH excluding ortho intramolecular Hbond substituents is 1. The lowest BCUT2D eigenvalue weighted by Gasteiger charge is -2.33. The minimum absolute atomic E-state index is 0.0612. The van der Waals surface area contributed by atoms with Crippen LogP contribution in [0.25, 0.3) is 11.1 Å². The van der Waals surface area contributed by atoms with Crippen LogP contribution in [0.1, 0.15) is 39.2 Å². The summed E-state index contributed by atoms with van der Waals surface area (Å²) in [6, 6.07) is 12.3. The largest absolute Gasteiger partial charge is 0.507 e. The molecule has 0 saturated carbocycles. The van der Waals surface area contributed by atoms with E-state index in [1.165, 1.54) is 7.11 Å². The van der Waals surface area contributed by atoms with Gasteiger partial charge < -0.3 is 24.2 Å². The summed E-state index contributed by atoms with van der Waals surface area (Å²) in [6.45, 7) is 6.62. The molecule has 0 radical (unpaired) electrons. The van der Waals surface area contributed by atoms with Crippen molar-refractivity contribution in [2.75, 3.05) is 20.2 Å². The van der Waals surface area contributed by atoms with E-state index in [-0.39, 0.29) is 17.9 Å². The van der Waals surface area contributed by atoms with E-state index in [9.17, 15) is 15.2 Å². The number of benzene rings is 2. The number of methoxy groups -OCH3 is 1. The summed E-state index contributed by atoms with van der Waals surface area (Å²) in [5, 5.41) is 19.8. The van der Waals surface area contributed by atoms with Gasteiger partial charge in [-0.3, -0.25) is 0 Å². The van der Waals surface area contributed by atoms with Gasteiger partial charge in [0.15, 0.2) is 0 Å². The van der Waals surface area contributed by atoms with Gasteiger partial charge >= 0.3 is 6.09 Å². The van der Waals surface area contributed by atoms with E-state index in [0.29, 0.717) is 54.1 Å². The molecule has 31 heavy (non-hydrogen) atoms. The van der Waals surface area contributed by atoms with Crippen molar-refractivity contribution < 1.29 is 24.1 Å². The molecule has 2 aromatic carbocycles. The SMILES string of the molecule is COc1cccc(O)c1-c1cc(C#N)cc(OC2CCN(C(=O)OC(C)(C)C)CC2)c1. The number of hydrogen-bond acceptors (Lipinski definition) is 6.